The third-order valence-corrected chi connectivity index (χ3v) is 5.51. The van der Waals surface area contributed by atoms with Crippen molar-refractivity contribution in [2.75, 3.05) is 18.5 Å². The minimum Gasteiger partial charge on any atom is -0.381 e. The molecule has 4 aromatic rings. The van der Waals surface area contributed by atoms with Gasteiger partial charge in [0, 0.05) is 31.0 Å². The molecule has 0 radical (unpaired) electrons. The van der Waals surface area contributed by atoms with Crippen LogP contribution in [-0.2, 0) is 4.74 Å². The number of aromatic nitrogens is 4. The molecule has 0 spiro atoms. The van der Waals surface area contributed by atoms with Gasteiger partial charge in [0.05, 0.1) is 16.1 Å². The second kappa shape index (κ2) is 8.01. The zero-order chi connectivity index (χ0) is 20.5. The van der Waals surface area contributed by atoms with Gasteiger partial charge < -0.3 is 10.1 Å². The number of rotatable bonds is 4. The summed E-state index contributed by atoms with van der Waals surface area (Å²) < 4.78 is 20.6. The number of halogens is 2. The maximum Gasteiger partial charge on any atom is 0.224 e. The van der Waals surface area contributed by atoms with E-state index in [2.05, 4.69) is 10.3 Å². The fourth-order valence-corrected chi connectivity index (χ4v) is 3.84. The highest BCUT2D eigenvalue weighted by Gasteiger charge is 2.20. The summed E-state index contributed by atoms with van der Waals surface area (Å²) >= 11 is 6.43. The molecule has 0 aliphatic carbocycles. The molecule has 2 aromatic heterocycles. The molecule has 0 saturated carbocycles. The first-order chi connectivity index (χ1) is 14.7. The SMILES string of the molecule is Fc1ccc(-n2nc(-c3ccccc3Cl)c3cnc(NC4CCOCC4)nc32)cc1. The van der Waals surface area contributed by atoms with E-state index in [0.717, 1.165) is 37.0 Å². The zero-order valence-electron chi connectivity index (χ0n) is 16.1. The standard InChI is InChI=1S/C22H19ClFN5O/c23-19-4-2-1-3-17(19)20-18-13-25-22(26-15-9-11-30-12-10-15)27-21(18)29(28-20)16-7-5-14(24)6-8-16/h1-8,13,15H,9-12H2,(H,25,26,27). The number of ether oxygens (including phenoxy) is 1. The Kier molecular flexibility index (Phi) is 5.06. The van der Waals surface area contributed by atoms with E-state index in [9.17, 15) is 4.39 Å². The van der Waals surface area contributed by atoms with Crippen molar-refractivity contribution in [1.82, 2.24) is 19.7 Å². The van der Waals surface area contributed by atoms with Crippen LogP contribution in [0.2, 0.25) is 5.02 Å². The van der Waals surface area contributed by atoms with Crippen LogP contribution in [0.1, 0.15) is 12.8 Å². The average molecular weight is 424 g/mol. The lowest BCUT2D eigenvalue weighted by Crippen LogP contribution is -2.28. The summed E-state index contributed by atoms with van der Waals surface area (Å²) in [5, 5.41) is 9.52. The minimum atomic E-state index is -0.307. The number of fused-ring (bicyclic) bond motifs is 1. The second-order valence-corrected chi connectivity index (χ2v) is 7.59. The third kappa shape index (κ3) is 3.62. The first-order valence-corrected chi connectivity index (χ1v) is 10.2. The van der Waals surface area contributed by atoms with Gasteiger partial charge in [0.25, 0.3) is 0 Å². The summed E-state index contributed by atoms with van der Waals surface area (Å²) in [6.07, 6.45) is 3.57. The van der Waals surface area contributed by atoms with Crippen molar-refractivity contribution in [3.63, 3.8) is 0 Å². The molecule has 1 aliphatic heterocycles. The van der Waals surface area contributed by atoms with Gasteiger partial charge in [-0.1, -0.05) is 29.8 Å². The van der Waals surface area contributed by atoms with E-state index < -0.39 is 0 Å². The van der Waals surface area contributed by atoms with Gasteiger partial charge in [-0.25, -0.2) is 14.1 Å². The molecular formula is C22H19ClFN5O. The van der Waals surface area contributed by atoms with Crippen molar-refractivity contribution >= 4 is 28.6 Å². The Bertz CT molecular complexity index is 1190. The highest BCUT2D eigenvalue weighted by Crippen LogP contribution is 2.33. The van der Waals surface area contributed by atoms with Gasteiger partial charge in [-0.05, 0) is 43.2 Å². The molecule has 5 rings (SSSR count). The smallest absolute Gasteiger partial charge is 0.224 e. The summed E-state index contributed by atoms with van der Waals surface area (Å²) in [6.45, 7) is 1.45. The maximum atomic E-state index is 13.5. The van der Waals surface area contributed by atoms with E-state index in [1.807, 2.05) is 24.3 Å². The number of anilines is 1. The van der Waals surface area contributed by atoms with Crippen molar-refractivity contribution in [3.8, 4) is 16.9 Å². The second-order valence-electron chi connectivity index (χ2n) is 7.18. The molecule has 2 aromatic carbocycles. The lowest BCUT2D eigenvalue weighted by molar-refractivity contribution is 0.0903. The summed E-state index contributed by atoms with van der Waals surface area (Å²) in [5.41, 5.74) is 2.80. The molecule has 1 fully saturated rings. The topological polar surface area (TPSA) is 64.9 Å². The van der Waals surface area contributed by atoms with Crippen LogP contribution in [0.4, 0.5) is 10.3 Å². The Morgan fingerprint density at radius 2 is 1.83 bits per heavy atom. The van der Waals surface area contributed by atoms with E-state index in [1.54, 1.807) is 23.0 Å². The molecule has 0 unspecified atom stereocenters. The normalized spacial score (nSPS) is 14.9. The van der Waals surface area contributed by atoms with Gasteiger partial charge in [0.15, 0.2) is 5.65 Å². The summed E-state index contributed by atoms with van der Waals surface area (Å²) in [4.78, 5) is 9.26. The maximum absolute atomic E-state index is 13.5. The molecule has 3 heterocycles. The van der Waals surface area contributed by atoms with Crippen LogP contribution < -0.4 is 5.32 Å². The molecular weight excluding hydrogens is 405 g/mol. The fraction of sp³-hybridized carbons (Fsp3) is 0.227. The molecule has 30 heavy (non-hydrogen) atoms. The lowest BCUT2D eigenvalue weighted by Gasteiger charge is -2.22. The monoisotopic (exact) mass is 423 g/mol. The van der Waals surface area contributed by atoms with E-state index in [4.69, 9.17) is 26.4 Å². The Hall–Kier alpha value is -3.03. The van der Waals surface area contributed by atoms with Crippen molar-refractivity contribution in [2.24, 2.45) is 0 Å². The zero-order valence-corrected chi connectivity index (χ0v) is 16.8. The largest absolute Gasteiger partial charge is 0.381 e. The number of hydrogen-bond donors (Lipinski definition) is 1. The first kappa shape index (κ1) is 19.0. The third-order valence-electron chi connectivity index (χ3n) is 5.18. The van der Waals surface area contributed by atoms with Gasteiger partial charge in [0.1, 0.15) is 11.5 Å². The minimum absolute atomic E-state index is 0.265. The van der Waals surface area contributed by atoms with Crippen LogP contribution in [0.15, 0.2) is 54.7 Å². The van der Waals surface area contributed by atoms with Crippen molar-refractivity contribution in [1.29, 1.82) is 0 Å². The van der Waals surface area contributed by atoms with E-state index in [-0.39, 0.29) is 11.9 Å². The quantitative estimate of drug-likeness (QED) is 0.507. The lowest BCUT2D eigenvalue weighted by atomic mass is 10.1. The predicted molar refractivity (Wildman–Crippen MR) is 115 cm³/mol. The molecule has 0 bridgehead atoms. The fourth-order valence-electron chi connectivity index (χ4n) is 3.61. The summed E-state index contributed by atoms with van der Waals surface area (Å²) in [7, 11) is 0. The van der Waals surface area contributed by atoms with Gasteiger partial charge in [-0.15, -0.1) is 0 Å². The van der Waals surface area contributed by atoms with Gasteiger partial charge in [-0.2, -0.15) is 10.1 Å². The molecule has 1 N–H and O–H groups in total. The van der Waals surface area contributed by atoms with Crippen LogP contribution in [-0.4, -0.2) is 39.0 Å². The Labute approximate surface area is 177 Å². The van der Waals surface area contributed by atoms with Crippen molar-refractivity contribution in [3.05, 3.63) is 65.6 Å². The Morgan fingerprint density at radius 1 is 1.07 bits per heavy atom. The number of nitrogens with zero attached hydrogens (tertiary/aromatic N) is 4. The van der Waals surface area contributed by atoms with Crippen LogP contribution in [0.25, 0.3) is 28.0 Å². The summed E-state index contributed by atoms with van der Waals surface area (Å²) in [6, 6.07) is 13.9. The Balaban J connectivity index is 1.64. The molecule has 152 valence electrons. The van der Waals surface area contributed by atoms with E-state index in [0.29, 0.717) is 28.0 Å². The van der Waals surface area contributed by atoms with Crippen molar-refractivity contribution in [2.45, 2.75) is 18.9 Å². The predicted octanol–water partition coefficient (Wildman–Crippen LogP) is 4.87. The molecule has 1 saturated heterocycles. The van der Waals surface area contributed by atoms with E-state index >= 15 is 0 Å². The number of benzene rings is 2. The highest BCUT2D eigenvalue weighted by molar-refractivity contribution is 6.33. The molecule has 0 amide bonds. The van der Waals surface area contributed by atoms with E-state index in [1.165, 1.54) is 12.1 Å². The van der Waals surface area contributed by atoms with Crippen LogP contribution in [0, 0.1) is 5.82 Å². The van der Waals surface area contributed by atoms with Gasteiger partial charge in [0.2, 0.25) is 5.95 Å². The average Bonchev–Trinajstić information content (AvgIpc) is 3.14. The number of hydrogen-bond acceptors (Lipinski definition) is 5. The summed E-state index contributed by atoms with van der Waals surface area (Å²) in [5.74, 6) is 0.224. The molecule has 0 atom stereocenters. The van der Waals surface area contributed by atoms with Crippen LogP contribution in [0.3, 0.4) is 0 Å². The van der Waals surface area contributed by atoms with Crippen LogP contribution in [0.5, 0.6) is 0 Å². The molecule has 8 heteroatoms. The van der Waals surface area contributed by atoms with Gasteiger partial charge >= 0.3 is 0 Å². The van der Waals surface area contributed by atoms with Crippen LogP contribution >= 0.6 is 11.6 Å². The van der Waals surface area contributed by atoms with Crippen molar-refractivity contribution < 1.29 is 9.13 Å². The first-order valence-electron chi connectivity index (χ1n) is 9.80. The number of nitrogens with one attached hydrogen (secondary N) is 1. The molecule has 6 nitrogen and oxygen atoms in total. The highest BCUT2D eigenvalue weighted by atomic mass is 35.5. The Morgan fingerprint density at radius 3 is 2.60 bits per heavy atom. The molecule has 1 aliphatic rings. The van der Waals surface area contributed by atoms with Gasteiger partial charge in [-0.3, -0.25) is 0 Å².